The van der Waals surface area contributed by atoms with Crippen LogP contribution in [0.4, 0.5) is 8.78 Å². The normalized spacial score (nSPS) is 9.60. The Morgan fingerprint density at radius 1 is 1.60 bits per heavy atom. The van der Waals surface area contributed by atoms with Crippen molar-refractivity contribution in [1.82, 2.24) is 0 Å². The fourth-order valence-corrected chi connectivity index (χ4v) is 0. The summed E-state index contributed by atoms with van der Waals surface area (Å²) >= 11 is 0.296. The summed E-state index contributed by atoms with van der Waals surface area (Å²) < 4.78 is 21.3. The first-order valence-corrected chi connectivity index (χ1v) is 2.01. The van der Waals surface area contributed by atoms with E-state index in [9.17, 15) is 8.78 Å². The van der Waals surface area contributed by atoms with Crippen LogP contribution in [0.2, 0.25) is 0 Å². The van der Waals surface area contributed by atoms with Crippen molar-refractivity contribution < 1.29 is 8.78 Å². The molecule has 0 aliphatic heterocycles. The van der Waals surface area contributed by atoms with Crippen LogP contribution in [0.25, 0.3) is 0 Å². The highest BCUT2D eigenvalue weighted by molar-refractivity contribution is 8.00. The predicted octanol–water partition coefficient (Wildman–Crippen LogP) is 1.73. The average Bonchev–Trinajstić information content (AvgIpc) is 1.38. The first kappa shape index (κ1) is 5.21. The molecule has 0 aliphatic carbocycles. The molecule has 0 spiro atoms. The van der Waals surface area contributed by atoms with E-state index in [4.69, 9.17) is 0 Å². The van der Waals surface area contributed by atoms with E-state index >= 15 is 0 Å². The molecule has 1 radical (unpaired) electrons. The smallest absolute Gasteiger partial charge is 0.198 e. The fraction of sp³-hybridized carbons (Fsp3) is 0.500. The van der Waals surface area contributed by atoms with Crippen molar-refractivity contribution in [3.8, 4) is 0 Å². The van der Waals surface area contributed by atoms with Gasteiger partial charge < -0.3 is 0 Å². The van der Waals surface area contributed by atoms with Gasteiger partial charge in [0.05, 0.1) is 0 Å². The van der Waals surface area contributed by atoms with Gasteiger partial charge in [0.1, 0.15) is 0 Å². The van der Waals surface area contributed by atoms with Gasteiger partial charge in [-0.05, 0) is 0 Å². The molecule has 3 heteroatoms. The largest absolute Gasteiger partial charge is 0.284 e. The van der Waals surface area contributed by atoms with Crippen LogP contribution in [0.1, 0.15) is 0 Å². The Hall–Kier alpha value is 0.210. The second-order valence-corrected chi connectivity index (χ2v) is 1.12. The van der Waals surface area contributed by atoms with E-state index in [1.807, 2.05) is 0 Å². The van der Waals surface area contributed by atoms with E-state index < -0.39 is 5.76 Å². The van der Waals surface area contributed by atoms with Crippen LogP contribution in [-0.2, 0) is 0 Å². The molecule has 5 heavy (non-hydrogen) atoms. The summed E-state index contributed by atoms with van der Waals surface area (Å²) in [6, 6.07) is 0. The van der Waals surface area contributed by atoms with Crippen molar-refractivity contribution in [1.29, 1.82) is 0 Å². The molecule has 0 heterocycles. The van der Waals surface area contributed by atoms with E-state index in [1.54, 1.807) is 0 Å². The lowest BCUT2D eigenvalue weighted by molar-refractivity contribution is 0.253. The third-order valence-corrected chi connectivity index (χ3v) is 0.378. The van der Waals surface area contributed by atoms with Crippen LogP contribution >= 0.6 is 11.8 Å². The number of hydrogen-bond acceptors (Lipinski definition) is 1. The topological polar surface area (TPSA) is 0 Å². The Labute approximate surface area is 33.6 Å². The van der Waals surface area contributed by atoms with Gasteiger partial charge in [-0.2, -0.15) is 8.78 Å². The van der Waals surface area contributed by atoms with Crippen molar-refractivity contribution in [3.05, 3.63) is 6.26 Å². The molecule has 0 saturated heterocycles. The number of alkyl halides is 2. The highest BCUT2D eigenvalue weighted by atomic mass is 32.2. The maximum atomic E-state index is 10.7. The lowest BCUT2D eigenvalue weighted by atomic mass is 11.7. The van der Waals surface area contributed by atoms with Crippen LogP contribution in [0.15, 0.2) is 0 Å². The van der Waals surface area contributed by atoms with Gasteiger partial charge in [0, 0.05) is 6.26 Å². The zero-order valence-corrected chi connectivity index (χ0v) is 3.27. The molecule has 0 bridgehead atoms. The molecule has 0 unspecified atom stereocenters. The molecule has 0 nitrogen and oxygen atoms in total. The zero-order valence-electron chi connectivity index (χ0n) is 2.45. The molecular weight excluding hydrogens is 94.1 g/mol. The minimum atomic E-state index is -2.31. The SMILES string of the molecule is [CH2]SC(F)F. The number of thioether (sulfide) groups is 1. The van der Waals surface area contributed by atoms with Crippen molar-refractivity contribution in [2.45, 2.75) is 5.76 Å². The maximum absolute atomic E-state index is 10.7. The summed E-state index contributed by atoms with van der Waals surface area (Å²) in [5.41, 5.74) is 0. The van der Waals surface area contributed by atoms with Gasteiger partial charge in [0.25, 0.3) is 5.76 Å². The quantitative estimate of drug-likeness (QED) is 0.480. The maximum Gasteiger partial charge on any atom is 0.284 e. The molecule has 0 aromatic rings. The molecule has 0 atom stereocenters. The summed E-state index contributed by atoms with van der Waals surface area (Å²) in [5.74, 6) is -2.31. The van der Waals surface area contributed by atoms with Gasteiger partial charge in [-0.1, -0.05) is 11.8 Å². The highest BCUT2D eigenvalue weighted by Crippen LogP contribution is 2.08. The van der Waals surface area contributed by atoms with Gasteiger partial charge in [0.2, 0.25) is 0 Å². The Morgan fingerprint density at radius 2 is 1.80 bits per heavy atom. The predicted molar refractivity (Wildman–Crippen MR) is 19.0 cm³/mol. The zero-order chi connectivity index (χ0) is 4.28. The first-order chi connectivity index (χ1) is 2.27. The van der Waals surface area contributed by atoms with Crippen LogP contribution in [0, 0.1) is 6.26 Å². The summed E-state index contributed by atoms with van der Waals surface area (Å²) in [7, 11) is 0. The monoisotopic (exact) mass is 97.0 g/mol. The number of rotatable bonds is 1. The number of hydrogen-bond donors (Lipinski definition) is 0. The third-order valence-electron chi connectivity index (χ3n) is 0.126. The molecule has 0 N–H and O–H groups in total. The lowest BCUT2D eigenvalue weighted by Gasteiger charge is -1.81. The summed E-state index contributed by atoms with van der Waals surface area (Å²) in [5, 5.41) is 0. The van der Waals surface area contributed by atoms with Crippen molar-refractivity contribution in [2.24, 2.45) is 0 Å². The Balaban J connectivity index is 2.54. The molecule has 31 valence electrons. The Bertz CT molecular complexity index is 21.6. The van der Waals surface area contributed by atoms with Crippen LogP contribution < -0.4 is 0 Å². The van der Waals surface area contributed by atoms with E-state index in [0.717, 1.165) is 0 Å². The second kappa shape index (κ2) is 2.45. The van der Waals surface area contributed by atoms with Gasteiger partial charge >= 0.3 is 0 Å². The first-order valence-electron chi connectivity index (χ1n) is 0.961. The molecule has 0 fully saturated rings. The molecule has 0 aliphatic rings. The van der Waals surface area contributed by atoms with E-state index in [-0.39, 0.29) is 0 Å². The van der Waals surface area contributed by atoms with Crippen molar-refractivity contribution in [2.75, 3.05) is 0 Å². The van der Waals surface area contributed by atoms with Crippen molar-refractivity contribution >= 4 is 11.8 Å². The molecular formula is C2H3F2S. The van der Waals surface area contributed by atoms with Gasteiger partial charge in [-0.15, -0.1) is 0 Å². The van der Waals surface area contributed by atoms with Gasteiger partial charge in [-0.3, -0.25) is 0 Å². The van der Waals surface area contributed by atoms with E-state index in [2.05, 4.69) is 6.26 Å². The van der Waals surface area contributed by atoms with Crippen LogP contribution in [-0.4, -0.2) is 5.76 Å². The standard InChI is InChI=1S/C2H3F2S/c1-5-2(3)4/h2H,1H2. The minimum absolute atomic E-state index is 0.296. The van der Waals surface area contributed by atoms with Crippen LogP contribution in [0.3, 0.4) is 0 Å². The minimum Gasteiger partial charge on any atom is -0.198 e. The van der Waals surface area contributed by atoms with Crippen LogP contribution in [0.5, 0.6) is 0 Å². The Morgan fingerprint density at radius 3 is 1.80 bits per heavy atom. The van der Waals surface area contributed by atoms with E-state index in [0.29, 0.717) is 11.8 Å². The molecule has 0 amide bonds. The average molecular weight is 97.1 g/mol. The second-order valence-electron chi connectivity index (χ2n) is 0.427. The lowest BCUT2D eigenvalue weighted by Crippen LogP contribution is -1.70. The molecule has 0 rings (SSSR count). The summed E-state index contributed by atoms with van der Waals surface area (Å²) in [6.07, 6.45) is 2.85. The molecule has 0 aromatic heterocycles. The molecule has 0 aromatic carbocycles. The molecule has 0 saturated carbocycles. The summed E-state index contributed by atoms with van der Waals surface area (Å²) in [6.45, 7) is 0. The van der Waals surface area contributed by atoms with Gasteiger partial charge in [0.15, 0.2) is 0 Å². The van der Waals surface area contributed by atoms with E-state index in [1.165, 1.54) is 0 Å². The highest BCUT2D eigenvalue weighted by Gasteiger charge is 1.91. The Kier molecular flexibility index (Phi) is 2.55. The third kappa shape index (κ3) is 4.21. The van der Waals surface area contributed by atoms with Crippen molar-refractivity contribution in [3.63, 3.8) is 0 Å². The van der Waals surface area contributed by atoms with Gasteiger partial charge in [-0.25, -0.2) is 0 Å². The fourth-order valence-electron chi connectivity index (χ4n) is 0. The summed E-state index contributed by atoms with van der Waals surface area (Å²) in [4.78, 5) is 0. The number of halogens is 2.